The maximum absolute atomic E-state index is 3.46. The number of unbranched alkanes of at least 4 members (excludes halogenated alkanes) is 4. The van der Waals surface area contributed by atoms with Gasteiger partial charge in [-0.2, -0.15) is 0 Å². The Morgan fingerprint density at radius 2 is 1.81 bits per heavy atom. The third-order valence-corrected chi connectivity index (χ3v) is 2.79. The van der Waals surface area contributed by atoms with Gasteiger partial charge in [0, 0.05) is 6.54 Å². The summed E-state index contributed by atoms with van der Waals surface area (Å²) in [5.41, 5.74) is 0. The average molecular weight is 225 g/mol. The summed E-state index contributed by atoms with van der Waals surface area (Å²) >= 11 is 0. The molecule has 0 radical (unpaired) electrons. The molecular weight excluding hydrogens is 194 g/mol. The quantitative estimate of drug-likeness (QED) is 0.402. The maximum Gasteiger partial charge on any atom is 0.0134 e. The van der Waals surface area contributed by atoms with Crippen LogP contribution < -0.4 is 5.32 Å². The van der Waals surface area contributed by atoms with Crippen molar-refractivity contribution in [1.82, 2.24) is 5.32 Å². The summed E-state index contributed by atoms with van der Waals surface area (Å²) in [7, 11) is 0. The number of allylic oxidation sites excluding steroid dienone is 1. The highest BCUT2D eigenvalue weighted by Gasteiger charge is 1.91. The van der Waals surface area contributed by atoms with Crippen molar-refractivity contribution in [2.75, 3.05) is 13.1 Å². The van der Waals surface area contributed by atoms with E-state index in [9.17, 15) is 0 Å². The molecule has 0 saturated carbocycles. The zero-order chi connectivity index (χ0) is 12.1. The van der Waals surface area contributed by atoms with Gasteiger partial charge in [0.15, 0.2) is 0 Å². The number of rotatable bonds is 11. The van der Waals surface area contributed by atoms with Gasteiger partial charge in [0.05, 0.1) is 0 Å². The van der Waals surface area contributed by atoms with Crippen molar-refractivity contribution in [1.29, 1.82) is 0 Å². The molecule has 0 heterocycles. The average Bonchev–Trinajstić information content (AvgIpc) is 2.25. The van der Waals surface area contributed by atoms with Crippen LogP contribution in [0, 0.1) is 5.92 Å². The van der Waals surface area contributed by atoms with Crippen LogP contribution in [0.15, 0.2) is 12.2 Å². The second kappa shape index (κ2) is 12.8. The zero-order valence-electron chi connectivity index (χ0n) is 11.6. The lowest BCUT2D eigenvalue weighted by Gasteiger charge is -2.02. The minimum atomic E-state index is 0.852. The van der Waals surface area contributed by atoms with Crippen molar-refractivity contribution >= 4 is 0 Å². The predicted molar refractivity (Wildman–Crippen MR) is 74.8 cm³/mol. The van der Waals surface area contributed by atoms with Crippen LogP contribution in [-0.4, -0.2) is 13.1 Å². The Kier molecular flexibility index (Phi) is 12.5. The van der Waals surface area contributed by atoms with Gasteiger partial charge in [-0.25, -0.2) is 0 Å². The Labute approximate surface area is 103 Å². The van der Waals surface area contributed by atoms with Crippen LogP contribution in [0.1, 0.15) is 65.7 Å². The first-order valence-electron chi connectivity index (χ1n) is 7.13. The van der Waals surface area contributed by atoms with E-state index in [1.165, 1.54) is 51.5 Å². The zero-order valence-corrected chi connectivity index (χ0v) is 11.6. The van der Waals surface area contributed by atoms with Gasteiger partial charge in [0.25, 0.3) is 0 Å². The summed E-state index contributed by atoms with van der Waals surface area (Å²) < 4.78 is 0. The molecule has 0 aliphatic rings. The van der Waals surface area contributed by atoms with Crippen molar-refractivity contribution in [2.45, 2.75) is 65.7 Å². The van der Waals surface area contributed by atoms with Gasteiger partial charge in [0.2, 0.25) is 0 Å². The van der Waals surface area contributed by atoms with Gasteiger partial charge in [-0.3, -0.25) is 0 Å². The molecule has 0 bridgehead atoms. The summed E-state index contributed by atoms with van der Waals surface area (Å²) in [6, 6.07) is 0. The van der Waals surface area contributed by atoms with Gasteiger partial charge in [0.1, 0.15) is 0 Å². The van der Waals surface area contributed by atoms with Gasteiger partial charge in [-0.15, -0.1) is 0 Å². The Hall–Kier alpha value is -0.300. The molecule has 0 unspecified atom stereocenters. The topological polar surface area (TPSA) is 12.0 Å². The molecule has 1 nitrogen and oxygen atoms in total. The van der Waals surface area contributed by atoms with E-state index in [0.29, 0.717) is 0 Å². The molecule has 1 N–H and O–H groups in total. The van der Waals surface area contributed by atoms with Crippen molar-refractivity contribution in [2.24, 2.45) is 5.92 Å². The van der Waals surface area contributed by atoms with Crippen LogP contribution >= 0.6 is 0 Å². The fourth-order valence-electron chi connectivity index (χ4n) is 1.71. The van der Waals surface area contributed by atoms with E-state index in [4.69, 9.17) is 0 Å². The smallest absolute Gasteiger partial charge is 0.0134 e. The molecule has 0 fully saturated rings. The van der Waals surface area contributed by atoms with Crippen LogP contribution in [0.25, 0.3) is 0 Å². The lowest BCUT2D eigenvalue weighted by atomic mass is 10.1. The fourth-order valence-corrected chi connectivity index (χ4v) is 1.71. The molecule has 0 aliphatic heterocycles. The van der Waals surface area contributed by atoms with E-state index in [1.807, 2.05) is 0 Å². The van der Waals surface area contributed by atoms with Crippen molar-refractivity contribution in [3.63, 3.8) is 0 Å². The maximum atomic E-state index is 3.46. The number of hydrogen-bond acceptors (Lipinski definition) is 1. The van der Waals surface area contributed by atoms with E-state index in [1.54, 1.807) is 0 Å². The lowest BCUT2D eigenvalue weighted by molar-refractivity contribution is 0.559. The van der Waals surface area contributed by atoms with Gasteiger partial charge in [-0.05, 0) is 31.7 Å². The molecular formula is C15H31N. The molecule has 16 heavy (non-hydrogen) atoms. The van der Waals surface area contributed by atoms with Crippen molar-refractivity contribution < 1.29 is 0 Å². The van der Waals surface area contributed by atoms with Crippen LogP contribution in [0.4, 0.5) is 0 Å². The van der Waals surface area contributed by atoms with E-state index in [2.05, 4.69) is 38.2 Å². The molecule has 96 valence electrons. The minimum absolute atomic E-state index is 0.852. The Bertz CT molecular complexity index is 150. The predicted octanol–water partition coefficient (Wildman–Crippen LogP) is 4.54. The van der Waals surface area contributed by atoms with Gasteiger partial charge in [-0.1, -0.05) is 58.6 Å². The van der Waals surface area contributed by atoms with Crippen molar-refractivity contribution in [3.05, 3.63) is 12.2 Å². The largest absolute Gasteiger partial charge is 0.313 e. The lowest BCUT2D eigenvalue weighted by Crippen LogP contribution is -2.14. The van der Waals surface area contributed by atoms with Gasteiger partial charge < -0.3 is 5.32 Å². The summed E-state index contributed by atoms with van der Waals surface area (Å²) in [4.78, 5) is 0. The van der Waals surface area contributed by atoms with E-state index in [0.717, 1.165) is 12.5 Å². The third-order valence-electron chi connectivity index (χ3n) is 2.79. The molecule has 0 rings (SSSR count). The highest BCUT2D eigenvalue weighted by Crippen LogP contribution is 2.06. The molecule has 0 aromatic carbocycles. The molecule has 0 saturated heterocycles. The third kappa shape index (κ3) is 13.7. The highest BCUT2D eigenvalue weighted by atomic mass is 14.8. The van der Waals surface area contributed by atoms with Crippen molar-refractivity contribution in [3.8, 4) is 0 Å². The monoisotopic (exact) mass is 225 g/mol. The minimum Gasteiger partial charge on any atom is -0.313 e. The van der Waals surface area contributed by atoms with Crippen LogP contribution in [0.2, 0.25) is 0 Å². The van der Waals surface area contributed by atoms with Gasteiger partial charge >= 0.3 is 0 Å². The highest BCUT2D eigenvalue weighted by molar-refractivity contribution is 4.83. The second-order valence-electron chi connectivity index (χ2n) is 5.06. The molecule has 1 heteroatoms. The molecule has 0 aromatic rings. The Balaban J connectivity index is 3.04. The summed E-state index contributed by atoms with van der Waals surface area (Å²) in [6.07, 6.45) is 14.0. The SMILES string of the molecule is CCCCCCNC/C=C\CCCC(C)C. The second-order valence-corrected chi connectivity index (χ2v) is 5.06. The van der Waals surface area contributed by atoms with Crippen LogP contribution in [-0.2, 0) is 0 Å². The number of nitrogens with one attached hydrogen (secondary N) is 1. The van der Waals surface area contributed by atoms with E-state index < -0.39 is 0 Å². The van der Waals surface area contributed by atoms with E-state index in [-0.39, 0.29) is 0 Å². The first-order valence-corrected chi connectivity index (χ1v) is 7.13. The standard InChI is InChI=1S/C15H31N/c1-4-5-6-10-13-16-14-11-8-7-9-12-15(2)3/h8,11,15-16H,4-7,9-10,12-14H2,1-3H3/b11-8-. The van der Waals surface area contributed by atoms with Crippen LogP contribution in [0.5, 0.6) is 0 Å². The fraction of sp³-hybridized carbons (Fsp3) is 0.867. The molecule has 0 atom stereocenters. The van der Waals surface area contributed by atoms with Crippen LogP contribution in [0.3, 0.4) is 0 Å². The Morgan fingerprint density at radius 1 is 1.00 bits per heavy atom. The first-order chi connectivity index (χ1) is 7.77. The molecule has 0 aliphatic carbocycles. The summed E-state index contributed by atoms with van der Waals surface area (Å²) in [6.45, 7) is 9.07. The molecule has 0 aromatic heterocycles. The summed E-state index contributed by atoms with van der Waals surface area (Å²) in [5.74, 6) is 0.852. The first kappa shape index (κ1) is 15.7. The van der Waals surface area contributed by atoms with E-state index >= 15 is 0 Å². The Morgan fingerprint density at radius 3 is 2.50 bits per heavy atom. The molecule has 0 spiro atoms. The summed E-state index contributed by atoms with van der Waals surface area (Å²) in [5, 5.41) is 3.46. The molecule has 0 amide bonds. The number of hydrogen-bond donors (Lipinski definition) is 1. The normalized spacial score (nSPS) is 11.8.